The summed E-state index contributed by atoms with van der Waals surface area (Å²) in [6.07, 6.45) is 2.41. The summed E-state index contributed by atoms with van der Waals surface area (Å²) >= 11 is 1.69. The molecule has 0 bridgehead atoms. The predicted molar refractivity (Wildman–Crippen MR) is 60.7 cm³/mol. The average molecular weight is 222 g/mol. The van der Waals surface area contributed by atoms with E-state index in [0.717, 1.165) is 18.7 Å². The van der Waals surface area contributed by atoms with Crippen LogP contribution in [0.3, 0.4) is 0 Å². The second-order valence-electron chi connectivity index (χ2n) is 3.18. The van der Waals surface area contributed by atoms with E-state index in [2.05, 4.69) is 27.1 Å². The van der Waals surface area contributed by atoms with Gasteiger partial charge >= 0.3 is 0 Å². The van der Waals surface area contributed by atoms with Crippen LogP contribution >= 0.6 is 11.3 Å². The third-order valence-corrected chi connectivity index (χ3v) is 2.78. The van der Waals surface area contributed by atoms with Gasteiger partial charge in [0, 0.05) is 24.5 Å². The third kappa shape index (κ3) is 3.02. The zero-order valence-electron chi connectivity index (χ0n) is 8.11. The highest BCUT2D eigenvalue weighted by Gasteiger charge is 1.96. The van der Waals surface area contributed by atoms with E-state index < -0.39 is 5.95 Å². The largest absolute Gasteiger partial charge is 0.385 e. The van der Waals surface area contributed by atoms with Gasteiger partial charge < -0.3 is 5.32 Å². The maximum Gasteiger partial charge on any atom is 0.214 e. The minimum Gasteiger partial charge on any atom is -0.385 e. The van der Waals surface area contributed by atoms with Crippen molar-refractivity contribution in [2.45, 2.75) is 6.42 Å². The van der Waals surface area contributed by atoms with Gasteiger partial charge in [-0.2, -0.15) is 15.7 Å². The number of pyridine rings is 1. The zero-order valence-corrected chi connectivity index (χ0v) is 8.93. The van der Waals surface area contributed by atoms with Crippen LogP contribution in [0.4, 0.5) is 10.1 Å². The lowest BCUT2D eigenvalue weighted by atomic mass is 10.2. The Bertz CT molecular complexity index is 414. The molecule has 0 saturated heterocycles. The Morgan fingerprint density at radius 3 is 3.07 bits per heavy atom. The fourth-order valence-electron chi connectivity index (χ4n) is 1.30. The first-order valence-electron chi connectivity index (χ1n) is 4.71. The van der Waals surface area contributed by atoms with Crippen LogP contribution in [0.15, 0.2) is 35.2 Å². The lowest BCUT2D eigenvalue weighted by Gasteiger charge is -2.04. The SMILES string of the molecule is Fc1cc(NCCc2ccsc2)ccn1. The van der Waals surface area contributed by atoms with E-state index in [1.165, 1.54) is 17.8 Å². The van der Waals surface area contributed by atoms with Crippen molar-refractivity contribution < 1.29 is 4.39 Å². The normalized spacial score (nSPS) is 10.2. The summed E-state index contributed by atoms with van der Waals surface area (Å²) < 4.78 is 12.7. The van der Waals surface area contributed by atoms with Gasteiger partial charge in [-0.15, -0.1) is 0 Å². The van der Waals surface area contributed by atoms with E-state index in [1.54, 1.807) is 17.4 Å². The van der Waals surface area contributed by atoms with Crippen LogP contribution in [0.1, 0.15) is 5.56 Å². The Morgan fingerprint density at radius 1 is 1.40 bits per heavy atom. The third-order valence-electron chi connectivity index (χ3n) is 2.05. The lowest BCUT2D eigenvalue weighted by molar-refractivity contribution is 0.584. The highest BCUT2D eigenvalue weighted by atomic mass is 32.1. The van der Waals surface area contributed by atoms with E-state index in [1.807, 2.05) is 0 Å². The van der Waals surface area contributed by atoms with E-state index in [9.17, 15) is 4.39 Å². The van der Waals surface area contributed by atoms with Crippen molar-refractivity contribution in [3.05, 3.63) is 46.7 Å². The van der Waals surface area contributed by atoms with Gasteiger partial charge in [0.1, 0.15) is 0 Å². The molecule has 15 heavy (non-hydrogen) atoms. The summed E-state index contributed by atoms with van der Waals surface area (Å²) in [5.74, 6) is -0.449. The minimum absolute atomic E-state index is 0.449. The molecule has 2 nitrogen and oxygen atoms in total. The zero-order chi connectivity index (χ0) is 10.5. The second kappa shape index (κ2) is 4.89. The molecule has 1 N–H and O–H groups in total. The van der Waals surface area contributed by atoms with Gasteiger partial charge in [0.2, 0.25) is 5.95 Å². The van der Waals surface area contributed by atoms with Gasteiger partial charge in [-0.25, -0.2) is 4.98 Å². The van der Waals surface area contributed by atoms with Crippen LogP contribution in [0.25, 0.3) is 0 Å². The predicted octanol–water partition coefficient (Wildman–Crippen LogP) is 2.94. The lowest BCUT2D eigenvalue weighted by Crippen LogP contribution is -2.04. The molecule has 2 rings (SSSR count). The Labute approximate surface area is 91.8 Å². The molecule has 2 aromatic rings. The molecule has 0 aliphatic rings. The monoisotopic (exact) mass is 222 g/mol. The molecule has 78 valence electrons. The highest BCUT2D eigenvalue weighted by molar-refractivity contribution is 7.07. The quantitative estimate of drug-likeness (QED) is 0.804. The van der Waals surface area contributed by atoms with Gasteiger partial charge in [-0.1, -0.05) is 0 Å². The number of nitrogens with zero attached hydrogens (tertiary/aromatic N) is 1. The molecule has 0 aromatic carbocycles. The van der Waals surface area contributed by atoms with Crippen molar-refractivity contribution in [3.8, 4) is 0 Å². The van der Waals surface area contributed by atoms with Gasteiger partial charge in [0.05, 0.1) is 0 Å². The molecule has 0 radical (unpaired) electrons. The number of thiophene rings is 1. The van der Waals surface area contributed by atoms with Crippen molar-refractivity contribution in [2.75, 3.05) is 11.9 Å². The van der Waals surface area contributed by atoms with Crippen molar-refractivity contribution in [1.29, 1.82) is 0 Å². The number of aromatic nitrogens is 1. The molecule has 0 spiro atoms. The number of halogens is 1. The van der Waals surface area contributed by atoms with Gasteiger partial charge in [-0.05, 0) is 34.9 Å². The molecule has 4 heteroatoms. The fourth-order valence-corrected chi connectivity index (χ4v) is 2.00. The van der Waals surface area contributed by atoms with E-state index in [-0.39, 0.29) is 0 Å². The Hall–Kier alpha value is -1.42. The topological polar surface area (TPSA) is 24.9 Å². The summed E-state index contributed by atoms with van der Waals surface area (Å²) in [6, 6.07) is 5.25. The minimum atomic E-state index is -0.449. The van der Waals surface area contributed by atoms with Crippen molar-refractivity contribution in [2.24, 2.45) is 0 Å². The van der Waals surface area contributed by atoms with Gasteiger partial charge in [-0.3, -0.25) is 0 Å². The molecule has 2 heterocycles. The van der Waals surface area contributed by atoms with Crippen LogP contribution in [-0.4, -0.2) is 11.5 Å². The molecule has 2 aromatic heterocycles. The number of anilines is 1. The molecule has 0 atom stereocenters. The molecule has 0 aliphatic heterocycles. The molecule has 0 amide bonds. The maximum atomic E-state index is 12.7. The molecule has 0 unspecified atom stereocenters. The molecule has 0 saturated carbocycles. The van der Waals surface area contributed by atoms with E-state index in [4.69, 9.17) is 0 Å². The molecule has 0 aliphatic carbocycles. The van der Waals surface area contributed by atoms with E-state index in [0.29, 0.717) is 0 Å². The number of rotatable bonds is 4. The Balaban J connectivity index is 1.83. The average Bonchev–Trinajstić information content (AvgIpc) is 2.71. The summed E-state index contributed by atoms with van der Waals surface area (Å²) in [6.45, 7) is 0.806. The van der Waals surface area contributed by atoms with Crippen molar-refractivity contribution >= 4 is 17.0 Å². The van der Waals surface area contributed by atoms with Crippen LogP contribution in [-0.2, 0) is 6.42 Å². The summed E-state index contributed by atoms with van der Waals surface area (Å²) in [5, 5.41) is 7.33. The maximum absolute atomic E-state index is 12.7. The van der Waals surface area contributed by atoms with Crippen LogP contribution in [0, 0.1) is 5.95 Å². The standard InChI is InChI=1S/C11H11FN2S/c12-11-7-10(2-5-14-11)13-4-1-9-3-6-15-8-9/h2-3,5-8H,1,4H2,(H,13,14). The Morgan fingerprint density at radius 2 is 2.33 bits per heavy atom. The first kappa shape index (κ1) is 10.1. The van der Waals surface area contributed by atoms with Gasteiger partial charge in [0.25, 0.3) is 0 Å². The first-order chi connectivity index (χ1) is 7.34. The molecular weight excluding hydrogens is 211 g/mol. The van der Waals surface area contributed by atoms with E-state index >= 15 is 0 Å². The summed E-state index contributed by atoms with van der Waals surface area (Å²) in [7, 11) is 0. The summed E-state index contributed by atoms with van der Waals surface area (Å²) in [4.78, 5) is 3.49. The smallest absolute Gasteiger partial charge is 0.214 e. The first-order valence-corrected chi connectivity index (χ1v) is 5.65. The van der Waals surface area contributed by atoms with Crippen molar-refractivity contribution in [1.82, 2.24) is 4.98 Å². The highest BCUT2D eigenvalue weighted by Crippen LogP contribution is 2.09. The molecular formula is C11H11FN2S. The number of nitrogens with one attached hydrogen (secondary N) is 1. The Kier molecular flexibility index (Phi) is 3.29. The second-order valence-corrected chi connectivity index (χ2v) is 3.96. The number of hydrogen-bond acceptors (Lipinski definition) is 3. The molecule has 0 fully saturated rings. The number of hydrogen-bond donors (Lipinski definition) is 1. The van der Waals surface area contributed by atoms with Gasteiger partial charge in [0.15, 0.2) is 0 Å². The summed E-state index contributed by atoms with van der Waals surface area (Å²) in [5.41, 5.74) is 2.08. The van der Waals surface area contributed by atoms with Crippen LogP contribution < -0.4 is 5.32 Å². The van der Waals surface area contributed by atoms with Crippen molar-refractivity contribution in [3.63, 3.8) is 0 Å². The fraction of sp³-hybridized carbons (Fsp3) is 0.182. The van der Waals surface area contributed by atoms with Crippen LogP contribution in [0.5, 0.6) is 0 Å². The van der Waals surface area contributed by atoms with Crippen LogP contribution in [0.2, 0.25) is 0 Å².